The summed E-state index contributed by atoms with van der Waals surface area (Å²) in [5.41, 5.74) is 0.326. The van der Waals surface area contributed by atoms with Crippen LogP contribution in [0.3, 0.4) is 0 Å². The summed E-state index contributed by atoms with van der Waals surface area (Å²) in [5, 5.41) is 11.9. The summed E-state index contributed by atoms with van der Waals surface area (Å²) < 4.78 is 15.8. The number of nitrogens with one attached hydrogen (secondary N) is 1. The number of nitrogens with zero attached hydrogens (tertiary/aromatic N) is 3. The van der Waals surface area contributed by atoms with Crippen LogP contribution in [0.25, 0.3) is 11.4 Å². The van der Waals surface area contributed by atoms with E-state index in [0.29, 0.717) is 23.0 Å². The summed E-state index contributed by atoms with van der Waals surface area (Å²) in [6, 6.07) is 4.74. The van der Waals surface area contributed by atoms with Gasteiger partial charge in [-0.15, -0.1) is 10.2 Å². The van der Waals surface area contributed by atoms with E-state index in [9.17, 15) is 4.39 Å². The Bertz CT molecular complexity index is 576. The molecule has 18 heavy (non-hydrogen) atoms. The fourth-order valence-corrected chi connectivity index (χ4v) is 2.48. The Balaban J connectivity index is 2.19. The predicted molar refractivity (Wildman–Crippen MR) is 66.8 cm³/mol. The van der Waals surface area contributed by atoms with Gasteiger partial charge in [-0.25, -0.2) is 4.39 Å². The molecule has 0 saturated heterocycles. The highest BCUT2D eigenvalue weighted by molar-refractivity contribution is 6.33. The summed E-state index contributed by atoms with van der Waals surface area (Å²) in [7, 11) is 0. The summed E-state index contributed by atoms with van der Waals surface area (Å²) in [4.78, 5) is 0. The molecule has 2 aromatic rings. The largest absolute Gasteiger partial charge is 0.308 e. The Morgan fingerprint density at radius 1 is 1.44 bits per heavy atom. The van der Waals surface area contributed by atoms with Crippen molar-refractivity contribution in [3.63, 3.8) is 0 Å². The van der Waals surface area contributed by atoms with Crippen molar-refractivity contribution in [3.05, 3.63) is 34.9 Å². The van der Waals surface area contributed by atoms with Gasteiger partial charge >= 0.3 is 0 Å². The molecule has 1 unspecified atom stereocenters. The summed E-state index contributed by atoms with van der Waals surface area (Å²) in [5.74, 6) is 0.945. The maximum Gasteiger partial charge on any atom is 0.168 e. The van der Waals surface area contributed by atoms with E-state index < -0.39 is 0 Å². The summed E-state index contributed by atoms with van der Waals surface area (Å²) in [6.45, 7) is 3.53. The first-order chi connectivity index (χ1) is 8.68. The van der Waals surface area contributed by atoms with E-state index in [4.69, 9.17) is 11.6 Å². The van der Waals surface area contributed by atoms with Crippen LogP contribution in [0.4, 0.5) is 4.39 Å². The van der Waals surface area contributed by atoms with E-state index in [-0.39, 0.29) is 11.9 Å². The molecular weight excluding hydrogens is 255 g/mol. The molecule has 2 heterocycles. The zero-order valence-corrected chi connectivity index (χ0v) is 10.6. The van der Waals surface area contributed by atoms with Gasteiger partial charge < -0.3 is 9.88 Å². The second-order valence-corrected chi connectivity index (χ2v) is 4.71. The van der Waals surface area contributed by atoms with Crippen LogP contribution in [-0.2, 0) is 6.54 Å². The molecule has 1 aliphatic rings. The SMILES string of the molecule is CC1NCCn2c(-c3c(F)cccc3Cl)nnc21. The predicted octanol–water partition coefficient (Wildman–Crippen LogP) is 2.40. The highest BCUT2D eigenvalue weighted by Gasteiger charge is 2.24. The lowest BCUT2D eigenvalue weighted by molar-refractivity contribution is 0.438. The first kappa shape index (κ1) is 11.6. The van der Waals surface area contributed by atoms with Gasteiger partial charge in [0.2, 0.25) is 0 Å². The normalized spacial score (nSPS) is 18.7. The third-order valence-corrected chi connectivity index (χ3v) is 3.45. The van der Waals surface area contributed by atoms with Crippen LogP contribution < -0.4 is 5.32 Å². The van der Waals surface area contributed by atoms with Crippen LogP contribution >= 0.6 is 11.6 Å². The second kappa shape index (κ2) is 4.33. The first-order valence-corrected chi connectivity index (χ1v) is 6.17. The van der Waals surface area contributed by atoms with Gasteiger partial charge in [-0.05, 0) is 19.1 Å². The van der Waals surface area contributed by atoms with Gasteiger partial charge in [-0.2, -0.15) is 0 Å². The molecule has 1 aliphatic heterocycles. The molecule has 0 saturated carbocycles. The van der Waals surface area contributed by atoms with E-state index in [1.54, 1.807) is 12.1 Å². The van der Waals surface area contributed by atoms with Crippen LogP contribution in [0.15, 0.2) is 18.2 Å². The maximum atomic E-state index is 13.9. The number of benzene rings is 1. The van der Waals surface area contributed by atoms with E-state index >= 15 is 0 Å². The molecular formula is C12H12ClFN4. The molecule has 3 rings (SSSR count). The number of halogens is 2. The molecule has 1 atom stereocenters. The zero-order valence-electron chi connectivity index (χ0n) is 9.82. The molecule has 1 N–H and O–H groups in total. The Hall–Kier alpha value is -1.46. The molecule has 4 nitrogen and oxygen atoms in total. The molecule has 0 spiro atoms. The fourth-order valence-electron chi connectivity index (χ4n) is 2.24. The third-order valence-electron chi connectivity index (χ3n) is 3.14. The molecule has 0 radical (unpaired) electrons. The highest BCUT2D eigenvalue weighted by Crippen LogP contribution is 2.31. The van der Waals surface area contributed by atoms with E-state index in [1.165, 1.54) is 6.07 Å². The van der Waals surface area contributed by atoms with Gasteiger partial charge in [-0.1, -0.05) is 17.7 Å². The van der Waals surface area contributed by atoms with Crippen molar-refractivity contribution in [2.75, 3.05) is 6.54 Å². The molecule has 94 valence electrons. The van der Waals surface area contributed by atoms with Gasteiger partial charge in [0.15, 0.2) is 5.82 Å². The standard InChI is InChI=1S/C12H12ClFN4/c1-7-11-16-17-12(18(11)6-5-15-7)10-8(13)3-2-4-9(10)14/h2-4,7,15H,5-6H2,1H3. The second-order valence-electron chi connectivity index (χ2n) is 4.31. The summed E-state index contributed by atoms with van der Waals surface area (Å²) in [6.07, 6.45) is 0. The van der Waals surface area contributed by atoms with Gasteiger partial charge in [0.1, 0.15) is 11.6 Å². The fraction of sp³-hybridized carbons (Fsp3) is 0.333. The number of rotatable bonds is 1. The average molecular weight is 267 g/mol. The van der Waals surface area contributed by atoms with E-state index in [0.717, 1.165) is 12.4 Å². The van der Waals surface area contributed by atoms with Crippen molar-refractivity contribution >= 4 is 11.6 Å². The van der Waals surface area contributed by atoms with Crippen LogP contribution in [0.2, 0.25) is 5.02 Å². The highest BCUT2D eigenvalue weighted by atomic mass is 35.5. The van der Waals surface area contributed by atoms with Gasteiger partial charge in [-0.3, -0.25) is 0 Å². The van der Waals surface area contributed by atoms with Gasteiger partial charge in [0.05, 0.1) is 16.6 Å². The van der Waals surface area contributed by atoms with Crippen LogP contribution in [0, 0.1) is 5.82 Å². The van der Waals surface area contributed by atoms with Crippen LogP contribution in [0.5, 0.6) is 0 Å². The topological polar surface area (TPSA) is 42.7 Å². The van der Waals surface area contributed by atoms with Crippen molar-refractivity contribution in [2.24, 2.45) is 0 Å². The molecule has 0 amide bonds. The third kappa shape index (κ3) is 1.71. The summed E-state index contributed by atoms with van der Waals surface area (Å²) >= 11 is 6.06. The van der Waals surface area contributed by atoms with Crippen molar-refractivity contribution < 1.29 is 4.39 Å². The van der Waals surface area contributed by atoms with Crippen LogP contribution in [0.1, 0.15) is 18.8 Å². The minimum Gasteiger partial charge on any atom is -0.308 e. The van der Waals surface area contributed by atoms with Crippen molar-refractivity contribution in [2.45, 2.75) is 19.5 Å². The lowest BCUT2D eigenvalue weighted by Crippen LogP contribution is -2.32. The Labute approximate surface area is 109 Å². The molecule has 6 heteroatoms. The molecule has 0 bridgehead atoms. The van der Waals surface area contributed by atoms with Gasteiger partial charge in [0.25, 0.3) is 0 Å². The average Bonchev–Trinajstić information content (AvgIpc) is 2.75. The molecule has 1 aromatic heterocycles. The smallest absolute Gasteiger partial charge is 0.168 e. The Morgan fingerprint density at radius 2 is 2.28 bits per heavy atom. The Kier molecular flexibility index (Phi) is 2.80. The van der Waals surface area contributed by atoms with Crippen molar-refractivity contribution in [3.8, 4) is 11.4 Å². The molecule has 1 aromatic carbocycles. The minimum atomic E-state index is -0.371. The molecule has 0 fully saturated rings. The Morgan fingerprint density at radius 3 is 3.06 bits per heavy atom. The monoisotopic (exact) mass is 266 g/mol. The lowest BCUT2D eigenvalue weighted by Gasteiger charge is -2.22. The number of aromatic nitrogens is 3. The zero-order chi connectivity index (χ0) is 12.7. The van der Waals surface area contributed by atoms with E-state index in [2.05, 4.69) is 15.5 Å². The minimum absolute atomic E-state index is 0.116. The quantitative estimate of drug-likeness (QED) is 0.862. The van der Waals surface area contributed by atoms with Gasteiger partial charge in [0, 0.05) is 13.1 Å². The maximum absolute atomic E-state index is 13.9. The number of hydrogen-bond acceptors (Lipinski definition) is 3. The number of fused-ring (bicyclic) bond motifs is 1. The molecule has 0 aliphatic carbocycles. The van der Waals surface area contributed by atoms with Crippen LogP contribution in [-0.4, -0.2) is 21.3 Å². The number of hydrogen-bond donors (Lipinski definition) is 1. The van der Waals surface area contributed by atoms with E-state index in [1.807, 2.05) is 11.5 Å². The lowest BCUT2D eigenvalue weighted by atomic mass is 10.2. The van der Waals surface area contributed by atoms with Crippen molar-refractivity contribution in [1.82, 2.24) is 20.1 Å². The first-order valence-electron chi connectivity index (χ1n) is 5.79. The van der Waals surface area contributed by atoms with Crippen molar-refractivity contribution in [1.29, 1.82) is 0 Å².